The van der Waals surface area contributed by atoms with E-state index in [0.29, 0.717) is 22.0 Å². The zero-order valence-corrected chi connectivity index (χ0v) is 14.4. The molecule has 2 N–H and O–H groups in total. The maximum atomic E-state index is 13.5. The Hall–Kier alpha value is -2.91. The number of aromatic nitrogens is 2. The first kappa shape index (κ1) is 17.5. The lowest BCUT2D eigenvalue weighted by Gasteiger charge is -2.07. The van der Waals surface area contributed by atoms with Crippen molar-refractivity contribution in [3.05, 3.63) is 66.1 Å². The minimum Gasteiger partial charge on any atom is -0.232 e. The number of fused-ring (bicyclic) bond motifs is 3. The van der Waals surface area contributed by atoms with Crippen molar-refractivity contribution in [3.63, 3.8) is 0 Å². The molecule has 0 radical (unpaired) electrons. The number of halogens is 3. The van der Waals surface area contributed by atoms with Crippen molar-refractivity contribution in [1.29, 1.82) is 0 Å². The number of sulfonamides is 1. The number of alkyl halides is 2. The number of nitrogens with two attached hydrogens (primary N) is 1. The molecule has 0 aliphatic rings. The largest absolute Gasteiger partial charge is 0.282 e. The van der Waals surface area contributed by atoms with Gasteiger partial charge in [0, 0.05) is 10.8 Å². The van der Waals surface area contributed by atoms with Gasteiger partial charge in [-0.2, -0.15) is 5.10 Å². The third-order valence-corrected chi connectivity index (χ3v) is 5.19. The van der Waals surface area contributed by atoms with Gasteiger partial charge in [-0.25, -0.2) is 31.4 Å². The second-order valence-electron chi connectivity index (χ2n) is 5.96. The summed E-state index contributed by atoms with van der Waals surface area (Å²) in [6.07, 6.45) is -2.81. The van der Waals surface area contributed by atoms with Gasteiger partial charge in [-0.1, -0.05) is 12.1 Å². The first-order valence-electron chi connectivity index (χ1n) is 7.78. The Bertz CT molecular complexity index is 1280. The Morgan fingerprint density at radius 2 is 1.63 bits per heavy atom. The lowest BCUT2D eigenvalue weighted by molar-refractivity contribution is 0.147. The minimum absolute atomic E-state index is 0.108. The van der Waals surface area contributed by atoms with Crippen LogP contribution in [0.2, 0.25) is 0 Å². The summed E-state index contributed by atoms with van der Waals surface area (Å²) in [5, 5.41) is 10.4. The second kappa shape index (κ2) is 6.07. The fraction of sp³-hybridized carbons (Fsp3) is 0.0556. The quantitative estimate of drug-likeness (QED) is 0.575. The van der Waals surface area contributed by atoms with E-state index >= 15 is 0 Å². The summed E-state index contributed by atoms with van der Waals surface area (Å²) in [5.41, 5.74) is 0.342. The van der Waals surface area contributed by atoms with E-state index in [2.05, 4.69) is 5.10 Å². The number of hydrogen-bond donors (Lipinski definition) is 1. The highest BCUT2D eigenvalue weighted by molar-refractivity contribution is 7.89. The van der Waals surface area contributed by atoms with Crippen LogP contribution in [0.15, 0.2) is 59.5 Å². The van der Waals surface area contributed by atoms with Gasteiger partial charge in [-0.15, -0.1) is 0 Å². The molecule has 0 aliphatic carbocycles. The summed E-state index contributed by atoms with van der Waals surface area (Å²) in [6, 6.07) is 12.5. The maximum absolute atomic E-state index is 13.5. The highest BCUT2D eigenvalue weighted by Crippen LogP contribution is 2.34. The highest BCUT2D eigenvalue weighted by atomic mass is 32.2. The zero-order valence-electron chi connectivity index (χ0n) is 13.6. The molecule has 1 heterocycles. The third kappa shape index (κ3) is 2.94. The third-order valence-electron chi connectivity index (χ3n) is 4.27. The first-order valence-corrected chi connectivity index (χ1v) is 9.32. The molecule has 1 aromatic heterocycles. The summed E-state index contributed by atoms with van der Waals surface area (Å²) in [4.78, 5) is -0.108. The Kier molecular flexibility index (Phi) is 3.93. The summed E-state index contributed by atoms with van der Waals surface area (Å²) in [7, 11) is -3.88. The monoisotopic (exact) mass is 391 g/mol. The second-order valence-corrected chi connectivity index (χ2v) is 7.53. The van der Waals surface area contributed by atoms with Gasteiger partial charge in [0.25, 0.3) is 6.43 Å². The van der Waals surface area contributed by atoms with E-state index in [0.717, 1.165) is 0 Å². The van der Waals surface area contributed by atoms with Crippen LogP contribution >= 0.6 is 0 Å². The molecule has 0 bridgehead atoms. The fourth-order valence-electron chi connectivity index (χ4n) is 3.06. The molecule has 0 unspecified atom stereocenters. The highest BCUT2D eigenvalue weighted by Gasteiger charge is 2.21. The summed E-state index contributed by atoms with van der Waals surface area (Å²) < 4.78 is 64.6. The first-order chi connectivity index (χ1) is 12.8. The average molecular weight is 391 g/mol. The fourth-order valence-corrected chi connectivity index (χ4v) is 3.57. The molecule has 0 spiro atoms. The number of hydrogen-bond acceptors (Lipinski definition) is 3. The summed E-state index contributed by atoms with van der Waals surface area (Å²) >= 11 is 0. The van der Waals surface area contributed by atoms with Gasteiger partial charge in [0.15, 0.2) is 0 Å². The predicted molar refractivity (Wildman–Crippen MR) is 94.9 cm³/mol. The molecule has 138 valence electrons. The molecule has 0 amide bonds. The van der Waals surface area contributed by atoms with E-state index in [-0.39, 0.29) is 10.3 Å². The normalized spacial score (nSPS) is 12.3. The zero-order chi connectivity index (χ0) is 19.3. The molecule has 4 rings (SSSR count). The number of benzene rings is 3. The van der Waals surface area contributed by atoms with E-state index in [1.54, 1.807) is 6.07 Å². The van der Waals surface area contributed by atoms with Crippen LogP contribution in [0.3, 0.4) is 0 Å². The molecule has 0 aliphatic heterocycles. The standard InChI is InChI=1S/C18H12F3N3O2S/c19-11-2-8-14-10(9-11)1-7-15-16(18(20)21)23-24(17(14)15)12-3-5-13(6-4-12)27(22,25)26/h1-9,18H,(H2,22,25,26). The van der Waals surface area contributed by atoms with Crippen molar-refractivity contribution in [2.75, 3.05) is 0 Å². The smallest absolute Gasteiger partial charge is 0.232 e. The topological polar surface area (TPSA) is 78.0 Å². The average Bonchev–Trinajstić information content (AvgIpc) is 3.01. The Balaban J connectivity index is 2.04. The minimum atomic E-state index is -3.88. The van der Waals surface area contributed by atoms with Crippen molar-refractivity contribution >= 4 is 31.7 Å². The van der Waals surface area contributed by atoms with Crippen LogP contribution in [0.25, 0.3) is 27.4 Å². The lowest BCUT2D eigenvalue weighted by Crippen LogP contribution is -2.12. The molecule has 4 aromatic rings. The van der Waals surface area contributed by atoms with E-state index in [9.17, 15) is 21.6 Å². The van der Waals surface area contributed by atoms with Gasteiger partial charge >= 0.3 is 0 Å². The molecule has 27 heavy (non-hydrogen) atoms. The molecule has 5 nitrogen and oxygen atoms in total. The van der Waals surface area contributed by atoms with Gasteiger partial charge in [-0.05, 0) is 47.9 Å². The van der Waals surface area contributed by atoms with Crippen LogP contribution in [0.5, 0.6) is 0 Å². The number of primary sulfonamides is 1. The molecule has 0 saturated heterocycles. The molecular weight excluding hydrogens is 379 g/mol. The molecule has 0 fully saturated rings. The van der Waals surface area contributed by atoms with Crippen molar-refractivity contribution in [1.82, 2.24) is 9.78 Å². The van der Waals surface area contributed by atoms with Gasteiger partial charge in [0.1, 0.15) is 11.5 Å². The van der Waals surface area contributed by atoms with Crippen LogP contribution in [0.4, 0.5) is 13.2 Å². The number of rotatable bonds is 3. The summed E-state index contributed by atoms with van der Waals surface area (Å²) in [5.74, 6) is -0.445. The van der Waals surface area contributed by atoms with Crippen molar-refractivity contribution < 1.29 is 21.6 Å². The van der Waals surface area contributed by atoms with Crippen LogP contribution < -0.4 is 5.14 Å². The lowest BCUT2D eigenvalue weighted by atomic mass is 10.1. The maximum Gasteiger partial charge on any atom is 0.282 e. The van der Waals surface area contributed by atoms with Crippen molar-refractivity contribution in [2.24, 2.45) is 5.14 Å². The van der Waals surface area contributed by atoms with Crippen LogP contribution in [0, 0.1) is 5.82 Å². The van der Waals surface area contributed by atoms with Crippen LogP contribution in [0.1, 0.15) is 12.1 Å². The van der Waals surface area contributed by atoms with E-state index < -0.39 is 28.0 Å². The van der Waals surface area contributed by atoms with Gasteiger partial charge in [-0.3, -0.25) is 0 Å². The Labute approximate surface area is 151 Å². The van der Waals surface area contributed by atoms with Crippen LogP contribution in [-0.2, 0) is 10.0 Å². The Morgan fingerprint density at radius 3 is 2.26 bits per heavy atom. The van der Waals surface area contributed by atoms with Crippen molar-refractivity contribution in [3.8, 4) is 5.69 Å². The molecule has 9 heteroatoms. The van der Waals surface area contributed by atoms with Crippen LogP contribution in [-0.4, -0.2) is 18.2 Å². The molecule has 0 saturated carbocycles. The SMILES string of the molecule is NS(=O)(=O)c1ccc(-n2nc(C(F)F)c3ccc4cc(F)ccc4c32)cc1. The summed E-state index contributed by atoms with van der Waals surface area (Å²) in [6.45, 7) is 0. The van der Waals surface area contributed by atoms with Gasteiger partial charge < -0.3 is 0 Å². The molecule has 3 aromatic carbocycles. The van der Waals surface area contributed by atoms with Gasteiger partial charge in [0.05, 0.1) is 16.1 Å². The van der Waals surface area contributed by atoms with E-state index in [1.165, 1.54) is 53.2 Å². The number of nitrogens with zero attached hydrogens (tertiary/aromatic N) is 2. The Morgan fingerprint density at radius 1 is 0.963 bits per heavy atom. The predicted octanol–water partition coefficient (Wildman–Crippen LogP) is 3.90. The van der Waals surface area contributed by atoms with Gasteiger partial charge in [0.2, 0.25) is 10.0 Å². The van der Waals surface area contributed by atoms with E-state index in [4.69, 9.17) is 5.14 Å². The van der Waals surface area contributed by atoms with E-state index in [1.807, 2.05) is 0 Å². The van der Waals surface area contributed by atoms with Crippen molar-refractivity contribution in [2.45, 2.75) is 11.3 Å². The molecular formula is C18H12F3N3O2S. The molecule has 0 atom stereocenters.